The summed E-state index contributed by atoms with van der Waals surface area (Å²) in [6.07, 6.45) is -0.653. The molecule has 0 rings (SSSR count). The van der Waals surface area contributed by atoms with Gasteiger partial charge in [-0.25, -0.2) is 9.18 Å². The number of ether oxygens (including phenoxy) is 5. The molecule has 0 aromatic carbocycles. The Labute approximate surface area is 145 Å². The molecule has 0 aliphatic heterocycles. The van der Waals surface area contributed by atoms with Gasteiger partial charge in [0.1, 0.15) is 13.3 Å². The quantitative estimate of drug-likeness (QED) is 0.203. The molecule has 0 radical (unpaired) electrons. The van der Waals surface area contributed by atoms with E-state index in [0.717, 1.165) is 0 Å². The molecule has 0 amide bonds. The summed E-state index contributed by atoms with van der Waals surface area (Å²) in [5.74, 6) is -3.24. The van der Waals surface area contributed by atoms with E-state index < -0.39 is 24.4 Å². The molecule has 0 spiro atoms. The third kappa shape index (κ3) is 17.0. The Balaban J connectivity index is 3.22. The first-order valence-electron chi connectivity index (χ1n) is 7.86. The number of hydrogen-bond donors (Lipinski definition) is 1. The van der Waals surface area contributed by atoms with E-state index in [9.17, 15) is 18.8 Å². The molecule has 0 unspecified atom stereocenters. The molecule has 10 heteroatoms. The van der Waals surface area contributed by atoms with Gasteiger partial charge in [-0.15, -0.1) is 0 Å². The largest absolute Gasteiger partial charge is 0.476 e. The van der Waals surface area contributed by atoms with Crippen molar-refractivity contribution in [2.75, 3.05) is 66.1 Å². The number of aliphatic carboxylic acids is 1. The van der Waals surface area contributed by atoms with Crippen LogP contribution in [-0.2, 0) is 38.1 Å². The maximum Gasteiger partial charge on any atom is 0.372 e. The molecule has 0 aromatic rings. The van der Waals surface area contributed by atoms with Gasteiger partial charge in [0.15, 0.2) is 0 Å². The van der Waals surface area contributed by atoms with Gasteiger partial charge in [0, 0.05) is 6.42 Å². The lowest BCUT2D eigenvalue weighted by molar-refractivity contribution is -0.151. The number of ketones is 1. The number of rotatable bonds is 18. The highest BCUT2D eigenvalue weighted by atomic mass is 19.1. The molecule has 9 nitrogen and oxygen atoms in total. The summed E-state index contributed by atoms with van der Waals surface area (Å²) in [6.45, 7) is 1.92. The van der Waals surface area contributed by atoms with Crippen molar-refractivity contribution in [1.29, 1.82) is 0 Å². The number of hydrogen-bond acceptors (Lipinski definition) is 8. The molecule has 0 bridgehead atoms. The van der Waals surface area contributed by atoms with Gasteiger partial charge < -0.3 is 28.8 Å². The molecule has 0 aliphatic rings. The van der Waals surface area contributed by atoms with Crippen LogP contribution in [0.4, 0.5) is 4.39 Å². The fourth-order valence-electron chi connectivity index (χ4n) is 1.43. The van der Waals surface area contributed by atoms with Crippen molar-refractivity contribution in [2.24, 2.45) is 0 Å². The van der Waals surface area contributed by atoms with Gasteiger partial charge in [0.2, 0.25) is 5.78 Å². The average molecular weight is 368 g/mol. The SMILES string of the molecule is O=C(CCC(=O)C(=O)O)OCCOCCOCCOCCOCCF. The molecule has 0 aliphatic carbocycles. The zero-order valence-corrected chi connectivity index (χ0v) is 14.1. The standard InChI is InChI=1S/C15H25FO9/c16-3-4-21-5-6-22-7-8-23-9-10-24-11-12-25-14(18)2-1-13(17)15(19)20/h1-12H2,(H,19,20). The number of alkyl halides is 1. The Morgan fingerprint density at radius 3 is 1.56 bits per heavy atom. The van der Waals surface area contributed by atoms with Crippen LogP contribution in [0.2, 0.25) is 0 Å². The smallest absolute Gasteiger partial charge is 0.372 e. The number of carboxylic acids is 1. The number of Topliss-reactive ketones (excluding diaryl/α,β-unsaturated/α-hetero) is 1. The molecule has 0 saturated carbocycles. The highest BCUT2D eigenvalue weighted by Crippen LogP contribution is 1.95. The molecule has 0 atom stereocenters. The minimum absolute atomic E-state index is 0.0160. The van der Waals surface area contributed by atoms with E-state index >= 15 is 0 Å². The van der Waals surface area contributed by atoms with Crippen molar-refractivity contribution in [3.63, 3.8) is 0 Å². The Morgan fingerprint density at radius 1 is 0.680 bits per heavy atom. The van der Waals surface area contributed by atoms with Crippen molar-refractivity contribution >= 4 is 17.7 Å². The monoisotopic (exact) mass is 368 g/mol. The van der Waals surface area contributed by atoms with E-state index in [-0.39, 0.29) is 32.7 Å². The summed E-state index contributed by atoms with van der Waals surface area (Å²) in [5.41, 5.74) is 0. The third-order valence-corrected chi connectivity index (χ3v) is 2.62. The summed E-state index contributed by atoms with van der Waals surface area (Å²) in [4.78, 5) is 32.2. The van der Waals surface area contributed by atoms with Crippen LogP contribution in [-0.4, -0.2) is 89.0 Å². The summed E-state index contributed by atoms with van der Waals surface area (Å²) < 4.78 is 36.9. The lowest BCUT2D eigenvalue weighted by Crippen LogP contribution is -2.17. The van der Waals surface area contributed by atoms with Crippen LogP contribution in [0.1, 0.15) is 12.8 Å². The molecular weight excluding hydrogens is 343 g/mol. The summed E-state index contributed by atoms with van der Waals surface area (Å²) in [6, 6.07) is 0. The molecule has 0 saturated heterocycles. The second-order valence-corrected chi connectivity index (χ2v) is 4.59. The van der Waals surface area contributed by atoms with Crippen LogP contribution in [0.3, 0.4) is 0 Å². The van der Waals surface area contributed by atoms with E-state index in [2.05, 4.69) is 0 Å². The van der Waals surface area contributed by atoms with Crippen LogP contribution in [0, 0.1) is 0 Å². The second kappa shape index (κ2) is 17.2. The first kappa shape index (κ1) is 23.4. The zero-order chi connectivity index (χ0) is 18.8. The number of carbonyl (C=O) groups excluding carboxylic acids is 2. The van der Waals surface area contributed by atoms with Gasteiger partial charge in [0.05, 0.1) is 59.3 Å². The first-order valence-corrected chi connectivity index (χ1v) is 7.86. The van der Waals surface area contributed by atoms with Gasteiger partial charge in [-0.2, -0.15) is 0 Å². The maximum absolute atomic E-state index is 11.7. The molecule has 1 N–H and O–H groups in total. The predicted molar refractivity (Wildman–Crippen MR) is 82.1 cm³/mol. The molecule has 0 heterocycles. The minimum Gasteiger partial charge on any atom is -0.476 e. The van der Waals surface area contributed by atoms with Crippen LogP contribution < -0.4 is 0 Å². The number of carbonyl (C=O) groups is 3. The highest BCUT2D eigenvalue weighted by Gasteiger charge is 2.13. The predicted octanol–water partition coefficient (Wildman–Crippen LogP) is -0.000600. The van der Waals surface area contributed by atoms with Crippen molar-refractivity contribution in [2.45, 2.75) is 12.8 Å². The van der Waals surface area contributed by atoms with Crippen LogP contribution in [0.15, 0.2) is 0 Å². The Hall–Kier alpha value is -1.62. The maximum atomic E-state index is 11.7. The lowest BCUT2D eigenvalue weighted by atomic mass is 10.2. The van der Waals surface area contributed by atoms with Crippen molar-refractivity contribution in [3.8, 4) is 0 Å². The van der Waals surface area contributed by atoms with E-state index in [4.69, 9.17) is 28.8 Å². The third-order valence-electron chi connectivity index (χ3n) is 2.62. The topological polar surface area (TPSA) is 118 Å². The fourth-order valence-corrected chi connectivity index (χ4v) is 1.43. The fraction of sp³-hybridized carbons (Fsp3) is 0.800. The highest BCUT2D eigenvalue weighted by molar-refractivity contribution is 6.32. The van der Waals surface area contributed by atoms with Crippen molar-refractivity contribution in [1.82, 2.24) is 0 Å². The van der Waals surface area contributed by atoms with Gasteiger partial charge in [-0.05, 0) is 0 Å². The summed E-state index contributed by atoms with van der Waals surface area (Å²) in [7, 11) is 0. The Kier molecular flexibility index (Phi) is 16.1. The van der Waals surface area contributed by atoms with Gasteiger partial charge in [-0.3, -0.25) is 9.59 Å². The lowest BCUT2D eigenvalue weighted by Gasteiger charge is -2.07. The number of esters is 1. The average Bonchev–Trinajstić information content (AvgIpc) is 2.59. The molecule has 25 heavy (non-hydrogen) atoms. The minimum atomic E-state index is -1.56. The van der Waals surface area contributed by atoms with E-state index in [1.807, 2.05) is 0 Å². The Bertz CT molecular complexity index is 376. The van der Waals surface area contributed by atoms with Crippen LogP contribution in [0.25, 0.3) is 0 Å². The molecule has 146 valence electrons. The molecule has 0 aromatic heterocycles. The van der Waals surface area contributed by atoms with E-state index in [0.29, 0.717) is 39.6 Å². The number of carboxylic acid groups (broad SMARTS) is 1. The van der Waals surface area contributed by atoms with Crippen molar-refractivity contribution < 1.29 is 47.6 Å². The number of halogens is 1. The van der Waals surface area contributed by atoms with Crippen LogP contribution in [0.5, 0.6) is 0 Å². The molecular formula is C15H25FO9. The van der Waals surface area contributed by atoms with Crippen molar-refractivity contribution in [3.05, 3.63) is 0 Å². The summed E-state index contributed by atoms with van der Waals surface area (Å²) in [5, 5.41) is 8.34. The van der Waals surface area contributed by atoms with Crippen LogP contribution >= 0.6 is 0 Å². The molecule has 0 fully saturated rings. The second-order valence-electron chi connectivity index (χ2n) is 4.59. The van der Waals surface area contributed by atoms with Gasteiger partial charge in [-0.1, -0.05) is 0 Å². The van der Waals surface area contributed by atoms with E-state index in [1.54, 1.807) is 0 Å². The Morgan fingerprint density at radius 2 is 1.12 bits per heavy atom. The summed E-state index contributed by atoms with van der Waals surface area (Å²) >= 11 is 0. The normalized spacial score (nSPS) is 10.6. The first-order chi connectivity index (χ1) is 12.1. The van der Waals surface area contributed by atoms with Gasteiger partial charge >= 0.3 is 11.9 Å². The van der Waals surface area contributed by atoms with Gasteiger partial charge in [0.25, 0.3) is 0 Å². The van der Waals surface area contributed by atoms with E-state index in [1.165, 1.54) is 0 Å². The zero-order valence-electron chi connectivity index (χ0n) is 14.1.